The lowest BCUT2D eigenvalue weighted by Crippen LogP contribution is -2.40. The van der Waals surface area contributed by atoms with Crippen molar-refractivity contribution in [3.05, 3.63) is 0 Å². The third-order valence-corrected chi connectivity index (χ3v) is 4.57. The maximum absolute atomic E-state index is 12.0. The summed E-state index contributed by atoms with van der Waals surface area (Å²) in [5.74, 6) is 0.267. The summed E-state index contributed by atoms with van der Waals surface area (Å²) in [5.41, 5.74) is -0.458. The molecule has 29 heavy (non-hydrogen) atoms. The summed E-state index contributed by atoms with van der Waals surface area (Å²) in [7, 11) is 0. The molecule has 0 spiro atoms. The molecular weight excluding hydrogens is 368 g/mol. The molecule has 0 rings (SSSR count). The second-order valence-electron chi connectivity index (χ2n) is 9.61. The summed E-state index contributed by atoms with van der Waals surface area (Å²) < 4.78 is 11.6. The molecule has 0 heterocycles. The molecule has 0 saturated carbocycles. The van der Waals surface area contributed by atoms with Crippen LogP contribution in [0, 0.1) is 0 Å². The number of rotatable bonds is 16. The van der Waals surface area contributed by atoms with Crippen molar-refractivity contribution in [3.63, 3.8) is 0 Å². The predicted molar refractivity (Wildman–Crippen MR) is 119 cm³/mol. The van der Waals surface area contributed by atoms with Crippen LogP contribution in [-0.4, -0.2) is 54.7 Å². The summed E-state index contributed by atoms with van der Waals surface area (Å²) in [4.78, 5) is 24.0. The summed E-state index contributed by atoms with van der Waals surface area (Å²) in [6, 6.07) is 0.216. The van der Waals surface area contributed by atoms with E-state index in [1.54, 1.807) is 0 Å². The normalized spacial score (nSPS) is 13.6. The van der Waals surface area contributed by atoms with E-state index in [-0.39, 0.29) is 28.9 Å². The van der Waals surface area contributed by atoms with Gasteiger partial charge in [0.1, 0.15) is 5.78 Å². The van der Waals surface area contributed by atoms with Crippen molar-refractivity contribution in [1.29, 1.82) is 0 Å². The monoisotopic (exact) mass is 414 g/mol. The highest BCUT2D eigenvalue weighted by molar-refractivity contribution is 5.83. The van der Waals surface area contributed by atoms with E-state index in [4.69, 9.17) is 9.47 Å². The fourth-order valence-corrected chi connectivity index (χ4v) is 2.87. The molecule has 6 heteroatoms. The van der Waals surface area contributed by atoms with Crippen molar-refractivity contribution < 1.29 is 19.1 Å². The number of carbonyl (C=O) groups is 2. The smallest absolute Gasteiger partial charge is 0.222 e. The van der Waals surface area contributed by atoms with Gasteiger partial charge in [0, 0.05) is 32.0 Å². The average Bonchev–Trinajstić information content (AvgIpc) is 2.57. The lowest BCUT2D eigenvalue weighted by molar-refractivity contribution is -0.124. The molecule has 1 amide bonds. The Labute approximate surface area is 178 Å². The predicted octanol–water partition coefficient (Wildman–Crippen LogP) is 4.01. The van der Waals surface area contributed by atoms with E-state index in [2.05, 4.69) is 24.5 Å². The third-order valence-electron chi connectivity index (χ3n) is 4.57. The van der Waals surface area contributed by atoms with Gasteiger partial charge in [0.15, 0.2) is 0 Å². The van der Waals surface area contributed by atoms with Crippen molar-refractivity contribution in [1.82, 2.24) is 10.6 Å². The van der Waals surface area contributed by atoms with Gasteiger partial charge in [-0.1, -0.05) is 20.8 Å². The van der Waals surface area contributed by atoms with Crippen molar-refractivity contribution in [2.24, 2.45) is 0 Å². The molecule has 0 aliphatic rings. The summed E-state index contributed by atoms with van der Waals surface area (Å²) in [5, 5.41) is 6.27. The summed E-state index contributed by atoms with van der Waals surface area (Å²) in [6.45, 7) is 17.8. The zero-order valence-corrected chi connectivity index (χ0v) is 20.2. The van der Waals surface area contributed by atoms with E-state index in [0.29, 0.717) is 38.6 Å². The first-order chi connectivity index (χ1) is 13.4. The molecule has 6 nitrogen and oxygen atoms in total. The number of hydrogen-bond acceptors (Lipinski definition) is 5. The molecule has 0 aliphatic heterocycles. The summed E-state index contributed by atoms with van der Waals surface area (Å²) in [6.07, 6.45) is 4.29. The van der Waals surface area contributed by atoms with E-state index >= 15 is 0 Å². The molecule has 2 N–H and O–H groups in total. The van der Waals surface area contributed by atoms with Crippen molar-refractivity contribution in [3.8, 4) is 0 Å². The van der Waals surface area contributed by atoms with E-state index in [0.717, 1.165) is 25.7 Å². The number of carbonyl (C=O) groups excluding carboxylic acids is 2. The van der Waals surface area contributed by atoms with Gasteiger partial charge in [-0.25, -0.2) is 0 Å². The Morgan fingerprint density at radius 3 is 2.17 bits per heavy atom. The highest BCUT2D eigenvalue weighted by atomic mass is 16.5. The molecule has 1 unspecified atom stereocenters. The van der Waals surface area contributed by atoms with Gasteiger partial charge in [0.25, 0.3) is 0 Å². The molecular formula is C23H46N2O4. The number of nitrogens with one attached hydrogen (secondary N) is 2. The van der Waals surface area contributed by atoms with Crippen molar-refractivity contribution in [2.75, 3.05) is 19.8 Å². The molecule has 0 radical (unpaired) electrons. The Morgan fingerprint density at radius 1 is 0.966 bits per heavy atom. The van der Waals surface area contributed by atoms with E-state index in [1.807, 2.05) is 41.5 Å². The minimum atomic E-state index is -0.310. The topological polar surface area (TPSA) is 76.7 Å². The Balaban J connectivity index is 3.92. The summed E-state index contributed by atoms with van der Waals surface area (Å²) >= 11 is 0. The van der Waals surface area contributed by atoms with Gasteiger partial charge in [0.2, 0.25) is 5.91 Å². The first-order valence-electron chi connectivity index (χ1n) is 11.2. The number of unbranched alkanes of at least 4 members (excludes halogenated alkanes) is 1. The molecule has 0 aromatic rings. The van der Waals surface area contributed by atoms with Crippen LogP contribution >= 0.6 is 0 Å². The van der Waals surface area contributed by atoms with Gasteiger partial charge in [-0.15, -0.1) is 0 Å². The van der Waals surface area contributed by atoms with E-state index in [1.165, 1.54) is 0 Å². The zero-order valence-electron chi connectivity index (χ0n) is 20.2. The lowest BCUT2D eigenvalue weighted by atomic mass is 10.0. The van der Waals surface area contributed by atoms with Crippen LogP contribution in [0.25, 0.3) is 0 Å². The third kappa shape index (κ3) is 16.5. The number of Topliss-reactive ketones (excluding diaryl/α,β-unsaturated/α-hetero) is 1. The number of ether oxygens (including phenoxy) is 2. The van der Waals surface area contributed by atoms with Gasteiger partial charge in [-0.05, 0) is 60.3 Å². The Kier molecular flexibility index (Phi) is 13.6. The standard InChI is InChI=1S/C23H46N2O4/c1-9-20(26)19(25-18(2)3)12-10-11-15-24-21(27)13-16-29-23(7,8)14-17-28-22(4,5)6/h18-19,25H,9-17H2,1-8H3,(H,24,27). The van der Waals surface area contributed by atoms with Crippen LogP contribution in [0.15, 0.2) is 0 Å². The van der Waals surface area contributed by atoms with Gasteiger partial charge >= 0.3 is 0 Å². The highest BCUT2D eigenvalue weighted by Gasteiger charge is 2.20. The quantitative estimate of drug-likeness (QED) is 0.373. The zero-order chi connectivity index (χ0) is 22.5. The second-order valence-corrected chi connectivity index (χ2v) is 9.61. The lowest BCUT2D eigenvalue weighted by Gasteiger charge is -2.27. The molecule has 0 saturated heterocycles. The minimum Gasteiger partial charge on any atom is -0.376 e. The molecule has 0 aromatic heterocycles. The molecule has 0 aliphatic carbocycles. The van der Waals surface area contributed by atoms with Crippen LogP contribution in [0.5, 0.6) is 0 Å². The van der Waals surface area contributed by atoms with Gasteiger partial charge in [0.05, 0.1) is 23.9 Å². The highest BCUT2D eigenvalue weighted by Crippen LogP contribution is 2.17. The SMILES string of the molecule is CCC(=O)C(CCCCNC(=O)CCOC(C)(C)CCOC(C)(C)C)NC(C)C. The Morgan fingerprint density at radius 2 is 1.62 bits per heavy atom. The average molecular weight is 415 g/mol. The van der Waals surface area contributed by atoms with Crippen molar-refractivity contribution >= 4 is 11.7 Å². The Bertz CT molecular complexity index is 470. The van der Waals surface area contributed by atoms with E-state index in [9.17, 15) is 9.59 Å². The first kappa shape index (κ1) is 28.0. The fourth-order valence-electron chi connectivity index (χ4n) is 2.87. The number of hydrogen-bond donors (Lipinski definition) is 2. The Hall–Kier alpha value is -0.980. The van der Waals surface area contributed by atoms with Gasteiger partial charge in [-0.3, -0.25) is 9.59 Å². The molecule has 172 valence electrons. The van der Waals surface area contributed by atoms with Crippen LogP contribution in [0.1, 0.15) is 93.9 Å². The molecule has 1 atom stereocenters. The maximum atomic E-state index is 12.0. The van der Waals surface area contributed by atoms with Crippen LogP contribution < -0.4 is 10.6 Å². The van der Waals surface area contributed by atoms with Crippen LogP contribution in [-0.2, 0) is 19.1 Å². The van der Waals surface area contributed by atoms with E-state index < -0.39 is 0 Å². The number of ketones is 1. The largest absolute Gasteiger partial charge is 0.376 e. The number of amides is 1. The van der Waals surface area contributed by atoms with Crippen LogP contribution in [0.4, 0.5) is 0 Å². The minimum absolute atomic E-state index is 0.00762. The second kappa shape index (κ2) is 14.1. The molecule has 0 aromatic carbocycles. The fraction of sp³-hybridized carbons (Fsp3) is 0.913. The molecule has 0 bridgehead atoms. The first-order valence-corrected chi connectivity index (χ1v) is 11.2. The van der Waals surface area contributed by atoms with Crippen LogP contribution in [0.2, 0.25) is 0 Å². The van der Waals surface area contributed by atoms with Gasteiger partial charge < -0.3 is 20.1 Å². The maximum Gasteiger partial charge on any atom is 0.222 e. The molecule has 0 fully saturated rings. The van der Waals surface area contributed by atoms with Crippen LogP contribution in [0.3, 0.4) is 0 Å². The van der Waals surface area contributed by atoms with Crippen molar-refractivity contribution in [2.45, 2.75) is 117 Å². The van der Waals surface area contributed by atoms with Gasteiger partial charge in [-0.2, -0.15) is 0 Å².